The summed E-state index contributed by atoms with van der Waals surface area (Å²) in [5.74, 6) is 0. The molecule has 0 aliphatic heterocycles. The van der Waals surface area contributed by atoms with Crippen LogP contribution in [0.3, 0.4) is 0 Å². The van der Waals surface area contributed by atoms with Crippen LogP contribution in [0.2, 0.25) is 5.02 Å². The van der Waals surface area contributed by atoms with Gasteiger partial charge in [-0.2, -0.15) is 15.0 Å². The lowest BCUT2D eigenvalue weighted by molar-refractivity contribution is 0.723. The molecule has 0 aliphatic carbocycles. The lowest BCUT2D eigenvalue weighted by Crippen LogP contribution is -2.12. The number of thiophene rings is 1. The number of aromatic nitrogens is 3. The van der Waals surface area contributed by atoms with Gasteiger partial charge in [0, 0.05) is 4.88 Å². The number of rotatable bonds is 3. The number of hydrogen-bond donors (Lipinski definition) is 1. The Labute approximate surface area is 119 Å². The third-order valence-electron chi connectivity index (χ3n) is 2.74. The third-order valence-corrected chi connectivity index (χ3v) is 4.18. The Balaban J connectivity index is 1.92. The minimum absolute atomic E-state index is 0.343. The summed E-state index contributed by atoms with van der Waals surface area (Å²) in [6.07, 6.45) is 1.67. The molecule has 19 heavy (non-hydrogen) atoms. The quantitative estimate of drug-likeness (QED) is 0.806. The van der Waals surface area contributed by atoms with E-state index in [1.807, 2.05) is 41.8 Å². The average Bonchev–Trinajstić information content (AvgIpc) is 3.08. The summed E-state index contributed by atoms with van der Waals surface area (Å²) in [4.78, 5) is 2.47. The zero-order valence-corrected chi connectivity index (χ0v) is 11.5. The molecule has 1 unspecified atom stereocenters. The number of halogens is 1. The summed E-state index contributed by atoms with van der Waals surface area (Å²) in [7, 11) is 0. The van der Waals surface area contributed by atoms with Crippen molar-refractivity contribution in [2.45, 2.75) is 6.04 Å². The molecule has 1 aromatic carbocycles. The monoisotopic (exact) mass is 290 g/mol. The summed E-state index contributed by atoms with van der Waals surface area (Å²) in [5.41, 5.74) is 7.77. The molecule has 1 atom stereocenters. The molecule has 0 saturated carbocycles. The van der Waals surface area contributed by atoms with Crippen molar-refractivity contribution in [3.63, 3.8) is 0 Å². The van der Waals surface area contributed by atoms with Crippen molar-refractivity contribution in [3.8, 4) is 5.69 Å². The molecule has 3 rings (SSSR count). The predicted molar refractivity (Wildman–Crippen MR) is 76.7 cm³/mol. The molecular formula is C13H11ClN4S. The molecule has 4 nitrogen and oxygen atoms in total. The number of para-hydroxylation sites is 1. The Morgan fingerprint density at radius 3 is 2.68 bits per heavy atom. The van der Waals surface area contributed by atoms with Crippen LogP contribution >= 0.6 is 22.9 Å². The van der Waals surface area contributed by atoms with Crippen LogP contribution in [0.25, 0.3) is 5.69 Å². The minimum Gasteiger partial charge on any atom is -0.318 e. The zero-order valence-electron chi connectivity index (χ0n) is 9.90. The molecule has 3 aromatic rings. The molecule has 96 valence electrons. The van der Waals surface area contributed by atoms with Crippen molar-refractivity contribution in [1.82, 2.24) is 15.0 Å². The van der Waals surface area contributed by atoms with Crippen LogP contribution in [-0.2, 0) is 0 Å². The molecule has 2 heterocycles. The van der Waals surface area contributed by atoms with Crippen molar-refractivity contribution in [2.75, 3.05) is 0 Å². The highest BCUT2D eigenvalue weighted by Crippen LogP contribution is 2.30. The van der Waals surface area contributed by atoms with Gasteiger partial charge in [-0.25, -0.2) is 0 Å². The molecule has 6 heteroatoms. The second-order valence-electron chi connectivity index (χ2n) is 4.00. The summed E-state index contributed by atoms with van der Waals surface area (Å²) < 4.78 is 0. The SMILES string of the molecule is NC(c1cnn(-c2ccccc2)n1)c1sccc1Cl. The molecule has 0 fully saturated rings. The van der Waals surface area contributed by atoms with Gasteiger partial charge in [-0.15, -0.1) is 11.3 Å². The molecule has 2 N–H and O–H groups in total. The third kappa shape index (κ3) is 2.40. The molecule has 0 aliphatic rings. The molecular weight excluding hydrogens is 280 g/mol. The first-order chi connectivity index (χ1) is 9.25. The van der Waals surface area contributed by atoms with Crippen LogP contribution < -0.4 is 5.73 Å². The summed E-state index contributed by atoms with van der Waals surface area (Å²) in [6.45, 7) is 0. The minimum atomic E-state index is -0.343. The number of nitrogens with two attached hydrogens (primary N) is 1. The molecule has 0 radical (unpaired) electrons. The highest BCUT2D eigenvalue weighted by Gasteiger charge is 2.17. The van der Waals surface area contributed by atoms with Crippen molar-refractivity contribution in [3.05, 3.63) is 63.6 Å². The fourth-order valence-corrected chi connectivity index (χ4v) is 2.95. The van der Waals surface area contributed by atoms with E-state index in [9.17, 15) is 0 Å². The molecule has 2 aromatic heterocycles. The van der Waals surface area contributed by atoms with E-state index in [1.165, 1.54) is 11.3 Å². The molecule has 0 saturated heterocycles. The van der Waals surface area contributed by atoms with Gasteiger partial charge in [-0.3, -0.25) is 0 Å². The fraction of sp³-hybridized carbons (Fsp3) is 0.0769. The number of benzene rings is 1. The standard InChI is InChI=1S/C13H11ClN4S/c14-10-6-7-19-13(10)12(15)11-8-16-18(17-11)9-4-2-1-3-5-9/h1-8,12H,15H2. The van der Waals surface area contributed by atoms with Gasteiger partial charge in [-0.05, 0) is 23.6 Å². The van der Waals surface area contributed by atoms with Crippen LogP contribution in [0.4, 0.5) is 0 Å². The van der Waals surface area contributed by atoms with Crippen molar-refractivity contribution in [2.24, 2.45) is 5.73 Å². The van der Waals surface area contributed by atoms with Gasteiger partial charge in [0.15, 0.2) is 0 Å². The van der Waals surface area contributed by atoms with Gasteiger partial charge in [-0.1, -0.05) is 29.8 Å². The van der Waals surface area contributed by atoms with E-state index in [1.54, 1.807) is 11.0 Å². The molecule has 0 bridgehead atoms. The maximum absolute atomic E-state index is 6.16. The van der Waals surface area contributed by atoms with Gasteiger partial charge in [0.1, 0.15) is 5.69 Å². The highest BCUT2D eigenvalue weighted by molar-refractivity contribution is 7.10. The zero-order chi connectivity index (χ0) is 13.2. The van der Waals surface area contributed by atoms with Crippen LogP contribution in [0.15, 0.2) is 48.0 Å². The van der Waals surface area contributed by atoms with E-state index < -0.39 is 0 Å². The maximum Gasteiger partial charge on any atom is 0.105 e. The highest BCUT2D eigenvalue weighted by atomic mass is 35.5. The van der Waals surface area contributed by atoms with Crippen molar-refractivity contribution >= 4 is 22.9 Å². The van der Waals surface area contributed by atoms with Gasteiger partial charge < -0.3 is 5.73 Å². The normalized spacial score (nSPS) is 12.5. The van der Waals surface area contributed by atoms with E-state index in [2.05, 4.69) is 10.2 Å². The van der Waals surface area contributed by atoms with E-state index in [0.29, 0.717) is 10.7 Å². The largest absolute Gasteiger partial charge is 0.318 e. The second-order valence-corrected chi connectivity index (χ2v) is 5.36. The van der Waals surface area contributed by atoms with Gasteiger partial charge in [0.25, 0.3) is 0 Å². The van der Waals surface area contributed by atoms with Crippen molar-refractivity contribution in [1.29, 1.82) is 0 Å². The van der Waals surface area contributed by atoms with Crippen LogP contribution in [-0.4, -0.2) is 15.0 Å². The fourth-order valence-electron chi connectivity index (χ4n) is 1.76. The summed E-state index contributed by atoms with van der Waals surface area (Å²) in [5, 5.41) is 11.2. The first-order valence-corrected chi connectivity index (χ1v) is 6.97. The Kier molecular flexibility index (Phi) is 3.33. The van der Waals surface area contributed by atoms with Crippen LogP contribution in [0.5, 0.6) is 0 Å². The van der Waals surface area contributed by atoms with Crippen LogP contribution in [0.1, 0.15) is 16.6 Å². The predicted octanol–water partition coefficient (Wildman–Crippen LogP) is 3.03. The smallest absolute Gasteiger partial charge is 0.105 e. The van der Waals surface area contributed by atoms with Gasteiger partial charge in [0.2, 0.25) is 0 Å². The van der Waals surface area contributed by atoms with Gasteiger partial charge in [0.05, 0.1) is 22.9 Å². The second kappa shape index (κ2) is 5.13. The number of hydrogen-bond acceptors (Lipinski definition) is 4. The van der Waals surface area contributed by atoms with Crippen molar-refractivity contribution < 1.29 is 0 Å². The van der Waals surface area contributed by atoms with E-state index in [4.69, 9.17) is 17.3 Å². The maximum atomic E-state index is 6.16. The van der Waals surface area contributed by atoms with E-state index in [-0.39, 0.29) is 6.04 Å². The molecule has 0 spiro atoms. The first kappa shape index (κ1) is 12.3. The van der Waals surface area contributed by atoms with E-state index in [0.717, 1.165) is 10.6 Å². The lowest BCUT2D eigenvalue weighted by atomic mass is 10.2. The molecule has 0 amide bonds. The Hall–Kier alpha value is -1.69. The first-order valence-electron chi connectivity index (χ1n) is 5.72. The Morgan fingerprint density at radius 2 is 2.00 bits per heavy atom. The van der Waals surface area contributed by atoms with E-state index >= 15 is 0 Å². The van der Waals surface area contributed by atoms with Gasteiger partial charge >= 0.3 is 0 Å². The number of nitrogens with zero attached hydrogens (tertiary/aromatic N) is 3. The summed E-state index contributed by atoms with van der Waals surface area (Å²) in [6, 6.07) is 11.2. The topological polar surface area (TPSA) is 56.7 Å². The Bertz CT molecular complexity index is 677. The summed E-state index contributed by atoms with van der Waals surface area (Å²) >= 11 is 7.61. The lowest BCUT2D eigenvalue weighted by Gasteiger charge is -2.06. The van der Waals surface area contributed by atoms with Crippen LogP contribution in [0, 0.1) is 0 Å². The average molecular weight is 291 g/mol. The Morgan fingerprint density at radius 1 is 1.21 bits per heavy atom.